The predicted molar refractivity (Wildman–Crippen MR) is 176 cm³/mol. The summed E-state index contributed by atoms with van der Waals surface area (Å²) >= 11 is 0. The zero-order valence-electron chi connectivity index (χ0n) is 27.4. The predicted octanol–water partition coefficient (Wildman–Crippen LogP) is 4.78. The molecule has 1 saturated carbocycles. The maximum absolute atomic E-state index is 13.1. The number of halogens is 6. The van der Waals surface area contributed by atoms with Crippen molar-refractivity contribution in [3.05, 3.63) is 53.6 Å². The molecule has 1 aliphatic carbocycles. The lowest BCUT2D eigenvalue weighted by atomic mass is 9.90. The van der Waals surface area contributed by atoms with E-state index in [4.69, 9.17) is 30.9 Å². The molecule has 280 valence electrons. The van der Waals surface area contributed by atoms with E-state index in [0.29, 0.717) is 29.0 Å². The Hall–Kier alpha value is -6.02. The molecule has 2 heterocycles. The van der Waals surface area contributed by atoms with Crippen LogP contribution in [-0.2, 0) is 14.4 Å². The molecule has 2 aromatic carbocycles. The summed E-state index contributed by atoms with van der Waals surface area (Å²) in [5.74, 6) is -5.23. The van der Waals surface area contributed by atoms with E-state index in [1.54, 1.807) is 24.3 Å². The van der Waals surface area contributed by atoms with Crippen LogP contribution in [-0.4, -0.2) is 80.0 Å². The number of hydrogen-bond donors (Lipinski definition) is 7. The Balaban J connectivity index is 0.000000441. The van der Waals surface area contributed by atoms with E-state index in [1.165, 1.54) is 5.01 Å². The van der Waals surface area contributed by atoms with Crippen molar-refractivity contribution in [1.82, 2.24) is 15.3 Å². The van der Waals surface area contributed by atoms with Gasteiger partial charge in [0.1, 0.15) is 5.82 Å². The Morgan fingerprint density at radius 1 is 0.904 bits per heavy atom. The van der Waals surface area contributed by atoms with Gasteiger partial charge in [0.25, 0.3) is 11.8 Å². The summed E-state index contributed by atoms with van der Waals surface area (Å²) in [6.45, 7) is 3.81. The number of benzene rings is 2. The molecule has 0 spiro atoms. The van der Waals surface area contributed by atoms with Gasteiger partial charge < -0.3 is 26.6 Å². The Labute approximate surface area is 290 Å². The fourth-order valence-corrected chi connectivity index (χ4v) is 4.94. The van der Waals surface area contributed by atoms with Crippen LogP contribution in [0.5, 0.6) is 0 Å². The molecular weight excluding hydrogens is 708 g/mol. The van der Waals surface area contributed by atoms with Gasteiger partial charge in [-0.05, 0) is 63.1 Å². The molecule has 2 aliphatic rings. The number of anilines is 3. The minimum atomic E-state index is -5.08. The largest absolute Gasteiger partial charge is 0.490 e. The van der Waals surface area contributed by atoms with Crippen LogP contribution in [0.1, 0.15) is 54.9 Å². The highest BCUT2D eigenvalue weighted by Gasteiger charge is 2.39. The quantitative estimate of drug-likeness (QED) is 0.103. The Morgan fingerprint density at radius 3 is 1.96 bits per heavy atom. The minimum absolute atomic E-state index is 0.00300. The van der Waals surface area contributed by atoms with Crippen LogP contribution in [0.25, 0.3) is 10.9 Å². The molecule has 8 N–H and O–H groups in total. The summed E-state index contributed by atoms with van der Waals surface area (Å²) in [7, 11) is 0. The minimum Gasteiger partial charge on any atom is -0.475 e. The smallest absolute Gasteiger partial charge is 0.475 e. The maximum atomic E-state index is 13.1. The number of nitrogens with two attached hydrogens (primary N) is 1. The number of hydrazone groups is 1. The molecule has 2 atom stereocenters. The number of hydrogen-bond acceptors (Lipinski definition) is 9. The Morgan fingerprint density at radius 2 is 1.46 bits per heavy atom. The number of amides is 2. The molecule has 0 bridgehead atoms. The van der Waals surface area contributed by atoms with Crippen LogP contribution in [0.2, 0.25) is 0 Å². The van der Waals surface area contributed by atoms with Crippen molar-refractivity contribution in [2.45, 2.75) is 70.4 Å². The summed E-state index contributed by atoms with van der Waals surface area (Å²) in [4.78, 5) is 52.2. The number of carboxylic acid groups (broad SMARTS) is 2. The van der Waals surface area contributed by atoms with Crippen LogP contribution in [0.4, 0.5) is 43.8 Å². The molecule has 5 rings (SSSR count). The van der Waals surface area contributed by atoms with Gasteiger partial charge in [0.2, 0.25) is 5.95 Å². The van der Waals surface area contributed by atoms with Crippen LogP contribution < -0.4 is 26.7 Å². The van der Waals surface area contributed by atoms with E-state index in [2.05, 4.69) is 31.0 Å². The molecule has 52 heavy (non-hydrogen) atoms. The second-order valence-corrected chi connectivity index (χ2v) is 11.4. The van der Waals surface area contributed by atoms with Crippen molar-refractivity contribution in [2.75, 3.05) is 15.6 Å². The number of aromatic nitrogens is 2. The first kappa shape index (κ1) is 40.4. The van der Waals surface area contributed by atoms with Gasteiger partial charge in [-0.15, -0.1) is 0 Å². The fraction of sp³-hybridized carbons (Fsp3) is 0.355. The van der Waals surface area contributed by atoms with E-state index in [0.717, 1.165) is 42.3 Å². The average Bonchev–Trinajstić information content (AvgIpc) is 3.39. The highest BCUT2D eigenvalue weighted by molar-refractivity contribution is 6.12. The summed E-state index contributed by atoms with van der Waals surface area (Å²) in [5.41, 5.74) is 9.16. The zero-order chi connectivity index (χ0) is 39.0. The number of nitrogens with one attached hydrogen (secondary N) is 4. The third kappa shape index (κ3) is 11.5. The number of fused-ring (bicyclic) bond motifs is 1. The normalized spacial score (nSPS) is 17.1. The molecular formula is C31H33F6N9O6. The molecule has 1 aromatic heterocycles. The molecule has 0 radical (unpaired) electrons. The number of aliphatic carboxylic acids is 2. The molecule has 1 aliphatic heterocycles. The highest BCUT2D eigenvalue weighted by Crippen LogP contribution is 2.28. The third-order valence-electron chi connectivity index (χ3n) is 7.28. The molecule has 2 amide bonds. The Bertz CT molecular complexity index is 1830. The number of guanidine groups is 1. The average molecular weight is 742 g/mol. The fourth-order valence-electron chi connectivity index (χ4n) is 4.94. The van der Waals surface area contributed by atoms with Crippen molar-refractivity contribution in [3.8, 4) is 0 Å². The molecule has 15 nitrogen and oxygen atoms in total. The molecule has 21 heteroatoms. The summed E-state index contributed by atoms with van der Waals surface area (Å²) in [5, 5.41) is 37.8. The zero-order valence-corrected chi connectivity index (χ0v) is 27.4. The first-order valence-electron chi connectivity index (χ1n) is 15.2. The number of nitrogens with zero attached hydrogens (tertiary/aromatic N) is 4. The standard InChI is InChI=1S/C27H31N9O2.2C2HF3O2/c1-15-7-12-20-19(13-15)24(30-21-5-3-4-6-22(21)31-26(28)29)33-27(32-20)34-25(38)17-8-10-18(11-9-17)36-23(37)14-16(2)35-36;2*3-2(4,5)1(6)7/h7-13,21-22H,3-6,14H2,1-2H3,(H4,28,29,31)(H2,30,32,33,34,38);2*(H,6,7). The SMILES string of the molecule is CC1=NN(c2ccc(C(=O)Nc3nc(NC4CCCCC4NC(=N)N)c4cc(C)ccc4n3)cc2)C(=O)C1.O=C(O)C(F)(F)F.O=C(O)C(F)(F)F. The van der Waals surface area contributed by atoms with E-state index in [-0.39, 0.29) is 35.8 Å². The third-order valence-corrected chi connectivity index (χ3v) is 7.28. The molecule has 0 saturated heterocycles. The van der Waals surface area contributed by atoms with E-state index >= 15 is 0 Å². The second kappa shape index (κ2) is 16.8. The lowest BCUT2D eigenvalue weighted by Gasteiger charge is -2.33. The lowest BCUT2D eigenvalue weighted by molar-refractivity contribution is -0.193. The van der Waals surface area contributed by atoms with Gasteiger partial charge in [0, 0.05) is 28.7 Å². The van der Waals surface area contributed by atoms with E-state index < -0.39 is 24.3 Å². The molecule has 3 aromatic rings. The number of rotatable bonds is 6. The first-order valence-corrected chi connectivity index (χ1v) is 15.2. The van der Waals surface area contributed by atoms with Gasteiger partial charge >= 0.3 is 24.3 Å². The van der Waals surface area contributed by atoms with Crippen molar-refractivity contribution < 1.29 is 55.7 Å². The first-order chi connectivity index (χ1) is 24.1. The van der Waals surface area contributed by atoms with Crippen molar-refractivity contribution >= 4 is 63.8 Å². The van der Waals surface area contributed by atoms with E-state index in [1.807, 2.05) is 32.0 Å². The highest BCUT2D eigenvalue weighted by atomic mass is 19.4. The summed E-state index contributed by atoms with van der Waals surface area (Å²) in [6.07, 6.45) is -5.95. The lowest BCUT2D eigenvalue weighted by Crippen LogP contribution is -2.50. The van der Waals surface area contributed by atoms with Gasteiger partial charge in [-0.2, -0.15) is 36.4 Å². The number of carboxylic acids is 2. The van der Waals surface area contributed by atoms with Crippen molar-refractivity contribution in [3.63, 3.8) is 0 Å². The van der Waals surface area contributed by atoms with Crippen LogP contribution >= 0.6 is 0 Å². The van der Waals surface area contributed by atoms with Gasteiger partial charge in [-0.1, -0.05) is 24.5 Å². The maximum Gasteiger partial charge on any atom is 0.490 e. The van der Waals surface area contributed by atoms with Crippen LogP contribution in [0.15, 0.2) is 47.6 Å². The van der Waals surface area contributed by atoms with Crippen LogP contribution in [0.3, 0.4) is 0 Å². The Kier molecular flexibility index (Phi) is 13.0. The summed E-state index contributed by atoms with van der Waals surface area (Å²) < 4.78 is 63.5. The van der Waals surface area contributed by atoms with Crippen molar-refractivity contribution in [1.29, 1.82) is 5.41 Å². The second-order valence-electron chi connectivity index (χ2n) is 11.4. The van der Waals surface area contributed by atoms with E-state index in [9.17, 15) is 35.9 Å². The van der Waals surface area contributed by atoms with Gasteiger partial charge in [-0.3, -0.25) is 20.3 Å². The van der Waals surface area contributed by atoms with Crippen molar-refractivity contribution in [2.24, 2.45) is 10.8 Å². The number of alkyl halides is 6. The number of aryl methyl sites for hydroxylation is 1. The van der Waals surface area contributed by atoms with Gasteiger partial charge in [-0.25, -0.2) is 19.6 Å². The summed E-state index contributed by atoms with van der Waals surface area (Å²) in [6, 6.07) is 12.6. The monoisotopic (exact) mass is 741 g/mol. The molecule has 1 fully saturated rings. The van der Waals surface area contributed by atoms with Gasteiger partial charge in [0.15, 0.2) is 5.96 Å². The topological polar surface area (TPSA) is 236 Å². The number of carbonyl (C=O) groups excluding carboxylic acids is 2. The van der Waals surface area contributed by atoms with Crippen LogP contribution in [0, 0.1) is 12.3 Å². The van der Waals surface area contributed by atoms with Gasteiger partial charge in [0.05, 0.1) is 17.6 Å². The molecule has 2 unspecified atom stereocenters. The number of carbonyl (C=O) groups is 4.